The first-order chi connectivity index (χ1) is 11.0. The number of rotatable bonds is 14. The molecule has 0 aliphatic heterocycles. The van der Waals surface area contributed by atoms with Crippen molar-refractivity contribution in [3.8, 4) is 0 Å². The van der Waals surface area contributed by atoms with Crippen LogP contribution < -0.4 is 0 Å². The van der Waals surface area contributed by atoms with Gasteiger partial charge in [0.2, 0.25) is 0 Å². The highest BCUT2D eigenvalue weighted by molar-refractivity contribution is 5.80. The topological polar surface area (TPSA) is 98.0 Å². The maximum Gasteiger partial charge on any atom is 0.328 e. The van der Waals surface area contributed by atoms with E-state index < -0.39 is 24.3 Å². The fourth-order valence-electron chi connectivity index (χ4n) is 2.28. The minimum absolute atomic E-state index is 0.396. The van der Waals surface area contributed by atoms with Crippen LogP contribution in [0, 0.1) is 0 Å². The van der Waals surface area contributed by atoms with Crippen molar-refractivity contribution in [2.75, 3.05) is 0 Å². The number of aliphatic hydroxyl groups is 3. The van der Waals surface area contributed by atoms with Crippen molar-refractivity contribution < 1.29 is 25.2 Å². The molecule has 0 fully saturated rings. The number of hydrogen-bond donors (Lipinski definition) is 4. The van der Waals surface area contributed by atoms with E-state index in [4.69, 9.17) is 5.11 Å². The first-order valence-corrected chi connectivity index (χ1v) is 8.57. The largest absolute Gasteiger partial charge is 0.478 e. The summed E-state index contributed by atoms with van der Waals surface area (Å²) in [7, 11) is 0. The summed E-state index contributed by atoms with van der Waals surface area (Å²) in [6.45, 7) is 2.12. The van der Waals surface area contributed by atoms with Gasteiger partial charge < -0.3 is 20.4 Å². The fraction of sp³-hybridized carbons (Fsp3) is 0.722. The van der Waals surface area contributed by atoms with E-state index in [-0.39, 0.29) is 0 Å². The molecule has 0 saturated heterocycles. The lowest BCUT2D eigenvalue weighted by Crippen LogP contribution is -2.27. The van der Waals surface area contributed by atoms with Crippen LogP contribution in [0.5, 0.6) is 0 Å². The van der Waals surface area contributed by atoms with Crippen LogP contribution in [0.25, 0.3) is 0 Å². The first-order valence-electron chi connectivity index (χ1n) is 8.57. The molecule has 0 spiro atoms. The Morgan fingerprint density at radius 2 is 1.61 bits per heavy atom. The Labute approximate surface area is 139 Å². The molecular weight excluding hydrogens is 296 g/mol. The van der Waals surface area contributed by atoms with Crippen LogP contribution in [-0.2, 0) is 4.79 Å². The van der Waals surface area contributed by atoms with Gasteiger partial charge in [0.15, 0.2) is 0 Å². The Bertz CT molecular complexity index is 351. The molecule has 0 aliphatic carbocycles. The minimum Gasteiger partial charge on any atom is -0.478 e. The smallest absolute Gasteiger partial charge is 0.328 e. The van der Waals surface area contributed by atoms with Gasteiger partial charge in [0.1, 0.15) is 0 Å². The molecule has 23 heavy (non-hydrogen) atoms. The summed E-state index contributed by atoms with van der Waals surface area (Å²) in [5.41, 5.74) is 0. The van der Waals surface area contributed by atoms with E-state index in [1.807, 2.05) is 6.08 Å². The van der Waals surface area contributed by atoms with Crippen LogP contribution in [0.1, 0.15) is 64.7 Å². The third-order valence-corrected chi connectivity index (χ3v) is 3.74. The highest BCUT2D eigenvalue weighted by atomic mass is 16.4. The fourth-order valence-corrected chi connectivity index (χ4v) is 2.28. The molecule has 0 aromatic rings. The van der Waals surface area contributed by atoms with Crippen molar-refractivity contribution in [2.45, 2.75) is 83.0 Å². The van der Waals surface area contributed by atoms with Crippen LogP contribution in [0.15, 0.2) is 24.3 Å². The molecule has 0 bridgehead atoms. The lowest BCUT2D eigenvalue weighted by atomic mass is 9.99. The second-order valence-electron chi connectivity index (χ2n) is 5.92. The van der Waals surface area contributed by atoms with Gasteiger partial charge >= 0.3 is 5.97 Å². The van der Waals surface area contributed by atoms with Crippen molar-refractivity contribution in [3.05, 3.63) is 24.3 Å². The highest BCUT2D eigenvalue weighted by Gasteiger charge is 2.17. The second kappa shape index (κ2) is 14.4. The van der Waals surface area contributed by atoms with Crippen molar-refractivity contribution in [2.24, 2.45) is 0 Å². The standard InChI is InChI=1S/C18H32O5/c1-2-3-7-10-15(19)13-14-17(21)16(20)11-8-5-4-6-9-12-18(22)23/h4,6,9,12,15-17,19-21H,2-3,5,7-8,10-11,13-14H2,1H3,(H,22,23). The zero-order chi connectivity index (χ0) is 17.5. The van der Waals surface area contributed by atoms with Gasteiger partial charge in [-0.3, -0.25) is 0 Å². The normalized spacial score (nSPS) is 16.0. The number of carboxylic acids is 1. The molecule has 5 nitrogen and oxygen atoms in total. The summed E-state index contributed by atoms with van der Waals surface area (Å²) in [6.07, 6.45) is 10.8. The van der Waals surface area contributed by atoms with Crippen LogP contribution in [-0.4, -0.2) is 44.7 Å². The predicted octanol–water partition coefficient (Wildman–Crippen LogP) is 2.80. The lowest BCUT2D eigenvalue weighted by Gasteiger charge is -2.19. The van der Waals surface area contributed by atoms with Crippen molar-refractivity contribution in [3.63, 3.8) is 0 Å². The minimum atomic E-state index is -0.981. The molecule has 0 radical (unpaired) electrons. The van der Waals surface area contributed by atoms with E-state index in [0.29, 0.717) is 32.1 Å². The molecule has 0 amide bonds. The molecule has 134 valence electrons. The molecule has 5 heteroatoms. The summed E-state index contributed by atoms with van der Waals surface area (Å²) in [4.78, 5) is 10.2. The molecule has 0 aromatic carbocycles. The molecule has 3 unspecified atom stereocenters. The number of unbranched alkanes of at least 4 members (excludes halogenated alkanes) is 3. The maximum absolute atomic E-state index is 10.2. The molecule has 0 saturated carbocycles. The Morgan fingerprint density at radius 1 is 0.913 bits per heavy atom. The summed E-state index contributed by atoms with van der Waals surface area (Å²) in [6, 6.07) is 0. The van der Waals surface area contributed by atoms with Gasteiger partial charge in [-0.05, 0) is 38.5 Å². The summed E-state index contributed by atoms with van der Waals surface area (Å²) >= 11 is 0. The zero-order valence-corrected chi connectivity index (χ0v) is 14.1. The third-order valence-electron chi connectivity index (χ3n) is 3.74. The van der Waals surface area contributed by atoms with Gasteiger partial charge in [0.05, 0.1) is 18.3 Å². The van der Waals surface area contributed by atoms with Crippen LogP contribution in [0.4, 0.5) is 0 Å². The van der Waals surface area contributed by atoms with Gasteiger partial charge in [0, 0.05) is 6.08 Å². The average molecular weight is 328 g/mol. The Kier molecular flexibility index (Phi) is 13.7. The third kappa shape index (κ3) is 14.2. The van der Waals surface area contributed by atoms with E-state index in [1.165, 1.54) is 6.08 Å². The monoisotopic (exact) mass is 328 g/mol. The number of allylic oxidation sites excluding steroid dienone is 3. The van der Waals surface area contributed by atoms with Crippen LogP contribution >= 0.6 is 0 Å². The Hall–Kier alpha value is -1.17. The second-order valence-corrected chi connectivity index (χ2v) is 5.92. The van der Waals surface area contributed by atoms with E-state index in [2.05, 4.69) is 6.92 Å². The highest BCUT2D eigenvalue weighted by Crippen LogP contribution is 2.14. The van der Waals surface area contributed by atoms with Gasteiger partial charge in [-0.1, -0.05) is 44.4 Å². The number of aliphatic hydroxyl groups excluding tert-OH is 3. The Balaban J connectivity index is 3.73. The van der Waals surface area contributed by atoms with Gasteiger partial charge in [0.25, 0.3) is 0 Å². The average Bonchev–Trinajstić information content (AvgIpc) is 2.51. The Morgan fingerprint density at radius 3 is 2.26 bits per heavy atom. The maximum atomic E-state index is 10.2. The van der Waals surface area contributed by atoms with E-state index in [9.17, 15) is 20.1 Å². The van der Waals surface area contributed by atoms with Crippen molar-refractivity contribution in [1.29, 1.82) is 0 Å². The van der Waals surface area contributed by atoms with E-state index in [1.54, 1.807) is 6.08 Å². The SMILES string of the molecule is CCCCCC(O)CCC(O)C(O)CCCC=CC=CC(=O)O. The number of hydrogen-bond acceptors (Lipinski definition) is 4. The van der Waals surface area contributed by atoms with Crippen molar-refractivity contribution >= 4 is 5.97 Å². The quantitative estimate of drug-likeness (QED) is 0.223. The molecule has 0 rings (SSSR count). The van der Waals surface area contributed by atoms with Gasteiger partial charge in [-0.2, -0.15) is 0 Å². The number of carboxylic acid groups (broad SMARTS) is 1. The molecule has 0 aromatic heterocycles. The van der Waals surface area contributed by atoms with Crippen LogP contribution in [0.3, 0.4) is 0 Å². The van der Waals surface area contributed by atoms with E-state index in [0.717, 1.165) is 31.8 Å². The van der Waals surface area contributed by atoms with Crippen molar-refractivity contribution in [1.82, 2.24) is 0 Å². The first kappa shape index (κ1) is 21.8. The lowest BCUT2D eigenvalue weighted by molar-refractivity contribution is -0.131. The molecule has 0 heterocycles. The zero-order valence-electron chi connectivity index (χ0n) is 14.1. The van der Waals surface area contributed by atoms with E-state index >= 15 is 0 Å². The summed E-state index contributed by atoms with van der Waals surface area (Å²) in [5, 5.41) is 37.9. The molecule has 4 N–H and O–H groups in total. The summed E-state index contributed by atoms with van der Waals surface area (Å²) < 4.78 is 0. The van der Waals surface area contributed by atoms with Crippen LogP contribution in [0.2, 0.25) is 0 Å². The number of carbonyl (C=O) groups is 1. The molecular formula is C18H32O5. The molecule has 3 atom stereocenters. The van der Waals surface area contributed by atoms with Gasteiger partial charge in [-0.25, -0.2) is 4.79 Å². The summed E-state index contributed by atoms with van der Waals surface area (Å²) in [5.74, 6) is -0.981. The van der Waals surface area contributed by atoms with Gasteiger partial charge in [-0.15, -0.1) is 0 Å². The molecule has 0 aliphatic rings. The number of aliphatic carboxylic acids is 1. The predicted molar refractivity (Wildman–Crippen MR) is 91.2 cm³/mol.